The summed E-state index contributed by atoms with van der Waals surface area (Å²) in [6.07, 6.45) is 1.37. The van der Waals surface area contributed by atoms with Crippen molar-refractivity contribution in [2.24, 2.45) is 17.6 Å². The van der Waals surface area contributed by atoms with Crippen molar-refractivity contribution in [3.05, 3.63) is 95.6 Å². The summed E-state index contributed by atoms with van der Waals surface area (Å²) in [6, 6.07) is 26.4. The van der Waals surface area contributed by atoms with Crippen LogP contribution in [0.2, 0.25) is 0 Å². The van der Waals surface area contributed by atoms with E-state index in [-0.39, 0.29) is 11.3 Å². The second-order valence-electron chi connectivity index (χ2n) is 11.9. The topological polar surface area (TPSA) is 76.8 Å². The van der Waals surface area contributed by atoms with Gasteiger partial charge in [-0.15, -0.1) is 0 Å². The van der Waals surface area contributed by atoms with Gasteiger partial charge in [0.15, 0.2) is 6.10 Å². The Morgan fingerprint density at radius 3 is 2.12 bits per heavy atom. The summed E-state index contributed by atoms with van der Waals surface area (Å²) in [5, 5.41) is 2.68. The minimum Gasteiger partial charge on any atom is -0.492 e. The Morgan fingerprint density at radius 2 is 1.55 bits per heavy atom. The van der Waals surface area contributed by atoms with E-state index in [1.807, 2.05) is 48.5 Å². The molecule has 1 heterocycles. The van der Waals surface area contributed by atoms with Gasteiger partial charge >= 0.3 is 0 Å². The van der Waals surface area contributed by atoms with Crippen molar-refractivity contribution in [3.63, 3.8) is 0 Å². The Bertz CT molecular complexity index is 1180. The lowest BCUT2D eigenvalue weighted by atomic mass is 9.87. The van der Waals surface area contributed by atoms with E-state index < -0.39 is 6.10 Å². The van der Waals surface area contributed by atoms with Crippen LogP contribution in [-0.4, -0.2) is 50.2 Å². The summed E-state index contributed by atoms with van der Waals surface area (Å²) >= 11 is 0. The second-order valence-corrected chi connectivity index (χ2v) is 11.9. The number of carbonyl (C=O) groups excluding carboxylic acids is 1. The fraction of sp³-hybridized carbons (Fsp3) is 0.441. The van der Waals surface area contributed by atoms with E-state index in [0.717, 1.165) is 29.7 Å². The molecule has 2 aliphatic rings. The maximum atomic E-state index is 12.3. The Morgan fingerprint density at radius 1 is 0.925 bits per heavy atom. The number of nitrogens with one attached hydrogen (secondary N) is 1. The van der Waals surface area contributed by atoms with Crippen molar-refractivity contribution in [2.75, 3.05) is 33.3 Å². The number of ether oxygens (including phenoxy) is 2. The number of benzene rings is 3. The van der Waals surface area contributed by atoms with E-state index in [1.165, 1.54) is 30.6 Å². The van der Waals surface area contributed by atoms with Gasteiger partial charge < -0.3 is 20.5 Å². The largest absolute Gasteiger partial charge is 0.492 e. The number of rotatable bonds is 10. The molecule has 1 saturated carbocycles. The van der Waals surface area contributed by atoms with Gasteiger partial charge in [-0.3, -0.25) is 9.69 Å². The SMILES string of the molecule is CNC(=O)C(Cc1ccc(OCCN)cc1)Oc1ccc(C(C)(C)C)cc1.c1ccc(CN2CC3CC3C2)cc1. The molecule has 3 atom stereocenters. The summed E-state index contributed by atoms with van der Waals surface area (Å²) in [4.78, 5) is 14.9. The van der Waals surface area contributed by atoms with E-state index in [2.05, 4.69) is 61.3 Å². The molecule has 0 aromatic heterocycles. The minimum absolute atomic E-state index is 0.0758. The van der Waals surface area contributed by atoms with E-state index in [0.29, 0.717) is 25.3 Å². The quantitative estimate of drug-likeness (QED) is 0.368. The molecule has 40 heavy (non-hydrogen) atoms. The molecule has 3 aromatic carbocycles. The fourth-order valence-corrected chi connectivity index (χ4v) is 5.13. The fourth-order valence-electron chi connectivity index (χ4n) is 5.13. The number of nitrogens with two attached hydrogens (primary N) is 1. The van der Waals surface area contributed by atoms with Gasteiger partial charge in [0.05, 0.1) is 0 Å². The molecule has 3 N–H and O–H groups in total. The predicted molar refractivity (Wildman–Crippen MR) is 162 cm³/mol. The van der Waals surface area contributed by atoms with Gasteiger partial charge in [-0.25, -0.2) is 0 Å². The summed E-state index contributed by atoms with van der Waals surface area (Å²) in [7, 11) is 1.62. The highest BCUT2D eigenvalue weighted by molar-refractivity contribution is 5.81. The lowest BCUT2D eigenvalue weighted by Crippen LogP contribution is -2.38. The summed E-state index contributed by atoms with van der Waals surface area (Å²) in [5.41, 5.74) is 9.20. The molecule has 1 aliphatic heterocycles. The molecule has 0 radical (unpaired) electrons. The second kappa shape index (κ2) is 13.8. The third-order valence-electron chi connectivity index (χ3n) is 7.57. The molecule has 3 aromatic rings. The number of amides is 1. The normalized spacial score (nSPS) is 18.6. The average Bonchev–Trinajstić information content (AvgIpc) is 3.57. The van der Waals surface area contributed by atoms with Crippen molar-refractivity contribution in [3.8, 4) is 11.5 Å². The summed E-state index contributed by atoms with van der Waals surface area (Å²) in [5.74, 6) is 3.41. The Labute approximate surface area is 239 Å². The highest BCUT2D eigenvalue weighted by Gasteiger charge is 2.44. The number of nitrogens with zero attached hydrogens (tertiary/aromatic N) is 1. The number of hydrogen-bond donors (Lipinski definition) is 2. The maximum absolute atomic E-state index is 12.3. The van der Waals surface area contributed by atoms with Crippen LogP contribution in [-0.2, 0) is 23.2 Å². The van der Waals surface area contributed by atoms with Gasteiger partial charge in [0.2, 0.25) is 0 Å². The third kappa shape index (κ3) is 8.83. The molecule has 5 rings (SSSR count). The van der Waals surface area contributed by atoms with E-state index >= 15 is 0 Å². The van der Waals surface area contributed by atoms with Gasteiger partial charge in [-0.2, -0.15) is 0 Å². The molecule has 2 fully saturated rings. The van der Waals surface area contributed by atoms with Crippen LogP contribution in [0.5, 0.6) is 11.5 Å². The summed E-state index contributed by atoms with van der Waals surface area (Å²) in [6.45, 7) is 11.3. The zero-order valence-electron chi connectivity index (χ0n) is 24.4. The molecule has 1 aliphatic carbocycles. The summed E-state index contributed by atoms with van der Waals surface area (Å²) < 4.78 is 11.5. The van der Waals surface area contributed by atoms with Crippen LogP contribution in [0.1, 0.15) is 43.9 Å². The first-order valence-corrected chi connectivity index (χ1v) is 14.4. The maximum Gasteiger partial charge on any atom is 0.261 e. The van der Waals surface area contributed by atoms with Crippen LogP contribution in [0.3, 0.4) is 0 Å². The lowest BCUT2D eigenvalue weighted by molar-refractivity contribution is -0.127. The Balaban J connectivity index is 0.000000233. The van der Waals surface area contributed by atoms with Crippen molar-refractivity contribution < 1.29 is 14.3 Å². The molecule has 6 nitrogen and oxygen atoms in total. The van der Waals surface area contributed by atoms with Gasteiger partial charge in [-0.05, 0) is 64.6 Å². The first kappa shape index (κ1) is 29.6. The van der Waals surface area contributed by atoms with E-state index in [1.54, 1.807) is 7.05 Å². The number of carbonyl (C=O) groups is 1. The number of likely N-dealkylation sites (tertiary alicyclic amines) is 1. The monoisotopic (exact) mass is 543 g/mol. The van der Waals surface area contributed by atoms with Gasteiger partial charge in [-0.1, -0.05) is 75.4 Å². The highest BCUT2D eigenvalue weighted by atomic mass is 16.5. The third-order valence-corrected chi connectivity index (χ3v) is 7.57. The van der Waals surface area contributed by atoms with Gasteiger partial charge in [0, 0.05) is 39.6 Å². The van der Waals surface area contributed by atoms with Crippen LogP contribution in [0, 0.1) is 11.8 Å². The van der Waals surface area contributed by atoms with Crippen LogP contribution >= 0.6 is 0 Å². The zero-order valence-corrected chi connectivity index (χ0v) is 24.4. The first-order chi connectivity index (χ1) is 19.2. The van der Waals surface area contributed by atoms with Crippen LogP contribution in [0.15, 0.2) is 78.9 Å². The number of hydrogen-bond acceptors (Lipinski definition) is 5. The van der Waals surface area contributed by atoms with Crippen LogP contribution < -0.4 is 20.5 Å². The highest BCUT2D eigenvalue weighted by Crippen LogP contribution is 2.45. The van der Waals surface area contributed by atoms with Crippen LogP contribution in [0.4, 0.5) is 0 Å². The van der Waals surface area contributed by atoms with Crippen molar-refractivity contribution >= 4 is 5.91 Å². The van der Waals surface area contributed by atoms with E-state index in [9.17, 15) is 4.79 Å². The van der Waals surface area contributed by atoms with Crippen molar-refractivity contribution in [2.45, 2.75) is 51.7 Å². The molecular weight excluding hydrogens is 498 g/mol. The first-order valence-electron chi connectivity index (χ1n) is 14.4. The Hall–Kier alpha value is -3.35. The molecule has 214 valence electrons. The van der Waals surface area contributed by atoms with Crippen molar-refractivity contribution in [1.82, 2.24) is 10.2 Å². The zero-order chi connectivity index (χ0) is 28.5. The molecule has 0 bridgehead atoms. The average molecular weight is 544 g/mol. The molecule has 3 unspecified atom stereocenters. The molecule has 6 heteroatoms. The van der Waals surface area contributed by atoms with Crippen LogP contribution in [0.25, 0.3) is 0 Å². The number of likely N-dealkylation sites (N-methyl/N-ethyl adjacent to an activating group) is 1. The van der Waals surface area contributed by atoms with Gasteiger partial charge in [0.25, 0.3) is 5.91 Å². The Kier molecular flexibility index (Phi) is 10.2. The molecule has 0 spiro atoms. The van der Waals surface area contributed by atoms with Gasteiger partial charge in [0.1, 0.15) is 18.1 Å². The molecular formula is C34H45N3O3. The smallest absolute Gasteiger partial charge is 0.261 e. The number of fused-ring (bicyclic) bond motifs is 1. The molecule has 1 amide bonds. The van der Waals surface area contributed by atoms with E-state index in [4.69, 9.17) is 15.2 Å². The van der Waals surface area contributed by atoms with Crippen molar-refractivity contribution in [1.29, 1.82) is 0 Å². The standard InChI is InChI=1S/C22H30N2O3.C12H15N/c1-22(2,3)17-7-11-19(12-8-17)27-20(21(25)24-4)15-16-5-9-18(10-6-16)26-14-13-23;1-2-4-10(5-3-1)7-13-8-11-6-12(11)9-13/h5-12,20H,13-15,23H2,1-4H3,(H,24,25);1-5,11-12H,6-9H2. The minimum atomic E-state index is -0.605. The lowest BCUT2D eigenvalue weighted by Gasteiger charge is -2.21. The molecule has 1 saturated heterocycles. The predicted octanol–water partition coefficient (Wildman–Crippen LogP) is 5.20. The number of piperidine rings is 1.